The molecule has 23 heavy (non-hydrogen) atoms. The van der Waals surface area contributed by atoms with E-state index in [9.17, 15) is 0 Å². The van der Waals surface area contributed by atoms with Crippen LogP contribution in [0.2, 0.25) is 0 Å². The molecule has 0 saturated heterocycles. The first-order chi connectivity index (χ1) is 11.2. The molecule has 118 valence electrons. The zero-order valence-corrected chi connectivity index (χ0v) is 12.7. The maximum absolute atomic E-state index is 5.64. The third kappa shape index (κ3) is 2.48. The summed E-state index contributed by atoms with van der Waals surface area (Å²) in [6.45, 7) is 2.82. The van der Waals surface area contributed by atoms with Crippen LogP contribution in [0, 0.1) is 6.92 Å². The smallest absolute Gasteiger partial charge is 0.316 e. The Balaban J connectivity index is 1.49. The topological polar surface area (TPSA) is 87.2 Å². The van der Waals surface area contributed by atoms with E-state index in [1.807, 2.05) is 43.0 Å². The average molecular weight is 313 g/mol. The van der Waals surface area contributed by atoms with E-state index in [2.05, 4.69) is 20.6 Å². The number of hydrogen-bond donors (Lipinski definition) is 1. The molecule has 0 saturated carbocycles. The molecule has 0 atom stereocenters. The maximum atomic E-state index is 5.64. The van der Waals surface area contributed by atoms with Gasteiger partial charge in [-0.3, -0.25) is 4.68 Å². The molecule has 0 amide bonds. The van der Waals surface area contributed by atoms with E-state index >= 15 is 0 Å². The number of ether oxygens (including phenoxy) is 2. The molecule has 2 aromatic heterocycles. The van der Waals surface area contributed by atoms with Crippen molar-refractivity contribution in [1.82, 2.24) is 20.0 Å². The summed E-state index contributed by atoms with van der Waals surface area (Å²) in [6.07, 6.45) is 1.82. The lowest BCUT2D eigenvalue weighted by atomic mass is 10.2. The van der Waals surface area contributed by atoms with Gasteiger partial charge in [0, 0.05) is 30.4 Å². The van der Waals surface area contributed by atoms with Crippen LogP contribution in [-0.2, 0) is 13.6 Å². The molecule has 1 N–H and O–H groups in total. The van der Waals surface area contributed by atoms with Crippen LogP contribution in [0.1, 0.15) is 11.3 Å². The lowest BCUT2D eigenvalue weighted by Crippen LogP contribution is -2.01. The Hall–Kier alpha value is -3.03. The van der Waals surface area contributed by atoms with Crippen LogP contribution >= 0.6 is 0 Å². The van der Waals surface area contributed by atoms with Crippen molar-refractivity contribution < 1.29 is 13.9 Å². The van der Waals surface area contributed by atoms with Gasteiger partial charge in [-0.1, -0.05) is 5.10 Å². The fourth-order valence-electron chi connectivity index (χ4n) is 2.33. The van der Waals surface area contributed by atoms with Crippen molar-refractivity contribution >= 4 is 6.01 Å². The Kier molecular flexibility index (Phi) is 3.14. The molecule has 0 unspecified atom stereocenters. The minimum Gasteiger partial charge on any atom is -0.454 e. The zero-order valence-electron chi connectivity index (χ0n) is 12.7. The highest BCUT2D eigenvalue weighted by Gasteiger charge is 2.16. The summed E-state index contributed by atoms with van der Waals surface area (Å²) in [5, 5.41) is 15.4. The number of fused-ring (bicyclic) bond motifs is 1. The van der Waals surface area contributed by atoms with E-state index in [1.165, 1.54) is 0 Å². The van der Waals surface area contributed by atoms with E-state index in [4.69, 9.17) is 13.9 Å². The van der Waals surface area contributed by atoms with Crippen LogP contribution in [0.5, 0.6) is 11.5 Å². The van der Waals surface area contributed by atoms with Crippen molar-refractivity contribution in [2.24, 2.45) is 7.05 Å². The zero-order chi connectivity index (χ0) is 15.8. The predicted octanol–water partition coefficient (Wildman–Crippen LogP) is 2.12. The van der Waals surface area contributed by atoms with Crippen molar-refractivity contribution in [3.8, 4) is 23.0 Å². The third-order valence-corrected chi connectivity index (χ3v) is 3.81. The van der Waals surface area contributed by atoms with Gasteiger partial charge in [0.2, 0.25) is 12.7 Å². The van der Waals surface area contributed by atoms with Gasteiger partial charge in [0.25, 0.3) is 0 Å². The summed E-state index contributed by atoms with van der Waals surface area (Å²) in [7, 11) is 1.91. The molecule has 1 aromatic carbocycles. The van der Waals surface area contributed by atoms with Crippen LogP contribution in [0.4, 0.5) is 6.01 Å². The van der Waals surface area contributed by atoms with E-state index < -0.39 is 0 Å². The number of aryl methyl sites for hydroxylation is 1. The summed E-state index contributed by atoms with van der Waals surface area (Å²) in [5.41, 5.74) is 2.95. The van der Waals surface area contributed by atoms with Crippen LogP contribution in [-0.4, -0.2) is 26.8 Å². The SMILES string of the molecule is Cc1c(CNc2nnc(-c3ccc4c(c3)OCO4)o2)cnn1C. The van der Waals surface area contributed by atoms with Crippen molar-refractivity contribution in [3.63, 3.8) is 0 Å². The van der Waals surface area contributed by atoms with Gasteiger partial charge in [-0.25, -0.2) is 0 Å². The average Bonchev–Trinajstić information content (AvgIpc) is 3.27. The standard InChI is InChI=1S/C15H15N5O3/c1-9-11(7-17-20(9)2)6-16-15-19-18-14(23-15)10-3-4-12-13(5-10)22-8-21-12/h3-5,7H,6,8H2,1-2H3,(H,16,19). The Bertz CT molecular complexity index is 855. The predicted molar refractivity (Wildman–Crippen MR) is 81.1 cm³/mol. The highest BCUT2D eigenvalue weighted by Crippen LogP contribution is 2.35. The fourth-order valence-corrected chi connectivity index (χ4v) is 2.33. The molecule has 3 heterocycles. The summed E-state index contributed by atoms with van der Waals surface area (Å²) < 4.78 is 18.1. The summed E-state index contributed by atoms with van der Waals surface area (Å²) in [6, 6.07) is 5.87. The van der Waals surface area contributed by atoms with Gasteiger partial charge in [0.15, 0.2) is 11.5 Å². The van der Waals surface area contributed by atoms with Crippen LogP contribution in [0.3, 0.4) is 0 Å². The van der Waals surface area contributed by atoms with Gasteiger partial charge in [-0.2, -0.15) is 5.10 Å². The van der Waals surface area contributed by atoms with Gasteiger partial charge >= 0.3 is 6.01 Å². The molecule has 8 heteroatoms. The Morgan fingerprint density at radius 3 is 2.91 bits per heavy atom. The molecular weight excluding hydrogens is 298 g/mol. The minimum atomic E-state index is 0.236. The van der Waals surface area contributed by atoms with Gasteiger partial charge < -0.3 is 19.2 Å². The van der Waals surface area contributed by atoms with Gasteiger partial charge in [0.05, 0.1) is 6.20 Å². The van der Waals surface area contributed by atoms with E-state index in [1.54, 1.807) is 0 Å². The van der Waals surface area contributed by atoms with Gasteiger partial charge in [-0.05, 0) is 25.1 Å². The monoisotopic (exact) mass is 313 g/mol. The third-order valence-electron chi connectivity index (χ3n) is 3.81. The number of anilines is 1. The number of nitrogens with zero attached hydrogens (tertiary/aromatic N) is 4. The lowest BCUT2D eigenvalue weighted by Gasteiger charge is -2.01. The summed E-state index contributed by atoms with van der Waals surface area (Å²) in [4.78, 5) is 0. The van der Waals surface area contributed by atoms with Gasteiger partial charge in [0.1, 0.15) is 0 Å². The van der Waals surface area contributed by atoms with Gasteiger partial charge in [-0.15, -0.1) is 5.10 Å². The molecule has 1 aliphatic rings. The Labute approximate surface area is 132 Å². The van der Waals surface area contributed by atoms with Crippen molar-refractivity contribution in [3.05, 3.63) is 35.7 Å². The van der Waals surface area contributed by atoms with Crippen molar-refractivity contribution in [2.75, 3.05) is 12.1 Å². The van der Waals surface area contributed by atoms with Crippen molar-refractivity contribution in [1.29, 1.82) is 0 Å². The van der Waals surface area contributed by atoms with Crippen LogP contribution < -0.4 is 14.8 Å². The molecule has 0 radical (unpaired) electrons. The molecule has 3 aromatic rings. The molecule has 0 bridgehead atoms. The maximum Gasteiger partial charge on any atom is 0.316 e. The van der Waals surface area contributed by atoms with E-state index in [0.29, 0.717) is 24.2 Å². The second-order valence-electron chi connectivity index (χ2n) is 5.21. The van der Waals surface area contributed by atoms with Crippen molar-refractivity contribution in [2.45, 2.75) is 13.5 Å². The normalized spacial score (nSPS) is 12.6. The first kappa shape index (κ1) is 13.6. The minimum absolute atomic E-state index is 0.236. The Morgan fingerprint density at radius 1 is 1.22 bits per heavy atom. The molecule has 8 nitrogen and oxygen atoms in total. The fraction of sp³-hybridized carbons (Fsp3) is 0.267. The highest BCUT2D eigenvalue weighted by atomic mass is 16.7. The first-order valence-corrected chi connectivity index (χ1v) is 7.15. The first-order valence-electron chi connectivity index (χ1n) is 7.15. The molecule has 0 fully saturated rings. The number of rotatable bonds is 4. The lowest BCUT2D eigenvalue weighted by molar-refractivity contribution is 0.174. The quantitative estimate of drug-likeness (QED) is 0.789. The van der Waals surface area contributed by atoms with E-state index in [0.717, 1.165) is 22.6 Å². The summed E-state index contributed by atoms with van der Waals surface area (Å²) in [5.74, 6) is 1.83. The second-order valence-corrected chi connectivity index (χ2v) is 5.21. The number of nitrogens with one attached hydrogen (secondary N) is 1. The highest BCUT2D eigenvalue weighted by molar-refractivity contribution is 5.60. The van der Waals surface area contributed by atoms with Crippen LogP contribution in [0.15, 0.2) is 28.8 Å². The summed E-state index contributed by atoms with van der Waals surface area (Å²) >= 11 is 0. The van der Waals surface area contributed by atoms with E-state index in [-0.39, 0.29) is 6.79 Å². The molecule has 0 aliphatic carbocycles. The molecular formula is C15H15N5O3. The largest absolute Gasteiger partial charge is 0.454 e. The molecule has 1 aliphatic heterocycles. The van der Waals surface area contributed by atoms with Crippen LogP contribution in [0.25, 0.3) is 11.5 Å². The second kappa shape index (κ2) is 5.31. The number of aromatic nitrogens is 4. The molecule has 4 rings (SSSR count). The number of benzene rings is 1. The molecule has 0 spiro atoms. The Morgan fingerprint density at radius 2 is 2.09 bits per heavy atom. The number of hydrogen-bond acceptors (Lipinski definition) is 7.